The summed E-state index contributed by atoms with van der Waals surface area (Å²) in [4.78, 5) is 4.39. The minimum Gasteiger partial charge on any atom is -0.446 e. The van der Waals surface area contributed by atoms with E-state index in [0.29, 0.717) is 5.92 Å². The predicted octanol–water partition coefficient (Wildman–Crippen LogP) is 3.59. The fourth-order valence-corrected chi connectivity index (χ4v) is 2.82. The monoisotopic (exact) mass is 264 g/mol. The van der Waals surface area contributed by atoms with Crippen LogP contribution in [-0.4, -0.2) is 18.1 Å². The van der Waals surface area contributed by atoms with Crippen molar-refractivity contribution in [1.82, 2.24) is 10.3 Å². The van der Waals surface area contributed by atoms with Gasteiger partial charge in [-0.15, -0.1) is 0 Å². The van der Waals surface area contributed by atoms with Crippen LogP contribution in [0.3, 0.4) is 0 Å². The summed E-state index contributed by atoms with van der Waals surface area (Å²) in [5.41, 5.74) is 0. The van der Waals surface area contributed by atoms with Gasteiger partial charge in [0.1, 0.15) is 5.76 Å². The molecule has 1 aliphatic rings. The number of nitrogens with one attached hydrogen (secondary N) is 1. The summed E-state index contributed by atoms with van der Waals surface area (Å²) in [6, 6.07) is 0. The van der Waals surface area contributed by atoms with Crippen molar-refractivity contribution in [3.8, 4) is 0 Å². The van der Waals surface area contributed by atoms with Crippen molar-refractivity contribution < 1.29 is 4.42 Å². The minimum absolute atomic E-state index is 0.700. The number of oxazole rings is 1. The van der Waals surface area contributed by atoms with Gasteiger partial charge in [-0.1, -0.05) is 46.0 Å². The fourth-order valence-electron chi connectivity index (χ4n) is 2.82. The van der Waals surface area contributed by atoms with Gasteiger partial charge in [-0.05, 0) is 18.4 Å². The topological polar surface area (TPSA) is 38.1 Å². The molecule has 1 N–H and O–H groups in total. The van der Waals surface area contributed by atoms with E-state index in [1.165, 1.54) is 32.1 Å². The van der Waals surface area contributed by atoms with E-state index < -0.39 is 0 Å². The van der Waals surface area contributed by atoms with Crippen molar-refractivity contribution in [2.24, 2.45) is 11.8 Å². The number of nitrogens with zero attached hydrogens (tertiary/aromatic N) is 1. The van der Waals surface area contributed by atoms with Gasteiger partial charge >= 0.3 is 0 Å². The highest BCUT2D eigenvalue weighted by Gasteiger charge is 2.16. The van der Waals surface area contributed by atoms with Crippen LogP contribution in [0.1, 0.15) is 57.6 Å². The molecule has 0 unspecified atom stereocenters. The Hall–Kier alpha value is -0.830. The van der Waals surface area contributed by atoms with E-state index >= 15 is 0 Å². The minimum atomic E-state index is 0.700. The van der Waals surface area contributed by atoms with Crippen LogP contribution < -0.4 is 5.32 Å². The highest BCUT2D eigenvalue weighted by molar-refractivity contribution is 4.96. The molecule has 1 aliphatic carbocycles. The zero-order valence-corrected chi connectivity index (χ0v) is 12.5. The summed E-state index contributed by atoms with van der Waals surface area (Å²) >= 11 is 0. The molecule has 3 heteroatoms. The maximum atomic E-state index is 5.84. The Balaban J connectivity index is 1.69. The molecule has 0 bridgehead atoms. The molecule has 19 heavy (non-hydrogen) atoms. The quantitative estimate of drug-likeness (QED) is 0.765. The lowest BCUT2D eigenvalue weighted by molar-refractivity contribution is 0.328. The first kappa shape index (κ1) is 14.6. The molecule has 0 saturated heterocycles. The molecule has 0 radical (unpaired) electrons. The Kier molecular flexibility index (Phi) is 5.90. The molecule has 1 aromatic heterocycles. The summed E-state index contributed by atoms with van der Waals surface area (Å²) in [5.74, 6) is 3.51. The molecule has 1 saturated carbocycles. The molecule has 0 aromatic carbocycles. The molecule has 1 aromatic rings. The summed E-state index contributed by atoms with van der Waals surface area (Å²) in [7, 11) is 0. The molecule has 3 nitrogen and oxygen atoms in total. The van der Waals surface area contributed by atoms with E-state index in [0.717, 1.165) is 43.5 Å². The number of hydrogen-bond acceptors (Lipinski definition) is 3. The lowest BCUT2D eigenvalue weighted by atomic mass is 9.86. The Morgan fingerprint density at radius 1 is 1.32 bits per heavy atom. The molecular weight excluding hydrogens is 236 g/mol. The summed E-state index contributed by atoms with van der Waals surface area (Å²) in [5, 5.41) is 3.42. The van der Waals surface area contributed by atoms with Gasteiger partial charge in [-0.25, -0.2) is 4.98 Å². The Morgan fingerprint density at radius 2 is 2.11 bits per heavy atom. The van der Waals surface area contributed by atoms with Crippen LogP contribution in [0.4, 0.5) is 0 Å². The molecule has 2 rings (SSSR count). The van der Waals surface area contributed by atoms with Crippen molar-refractivity contribution >= 4 is 0 Å². The summed E-state index contributed by atoms with van der Waals surface area (Å²) < 4.78 is 5.84. The third kappa shape index (κ3) is 5.35. The van der Waals surface area contributed by atoms with Crippen LogP contribution in [0.15, 0.2) is 10.6 Å². The zero-order valence-electron chi connectivity index (χ0n) is 12.5. The zero-order chi connectivity index (χ0) is 13.5. The van der Waals surface area contributed by atoms with Crippen LogP contribution in [-0.2, 0) is 12.8 Å². The smallest absolute Gasteiger partial charge is 0.195 e. The van der Waals surface area contributed by atoms with E-state index in [2.05, 4.69) is 24.1 Å². The van der Waals surface area contributed by atoms with Gasteiger partial charge in [0.15, 0.2) is 5.89 Å². The molecule has 1 heterocycles. The second kappa shape index (κ2) is 7.68. The van der Waals surface area contributed by atoms with Gasteiger partial charge in [0, 0.05) is 19.4 Å². The van der Waals surface area contributed by atoms with Gasteiger partial charge in [-0.3, -0.25) is 0 Å². The maximum Gasteiger partial charge on any atom is 0.195 e. The predicted molar refractivity (Wildman–Crippen MR) is 78.2 cm³/mol. The molecule has 0 atom stereocenters. The van der Waals surface area contributed by atoms with Crippen LogP contribution >= 0.6 is 0 Å². The van der Waals surface area contributed by atoms with Gasteiger partial charge in [0.2, 0.25) is 0 Å². The van der Waals surface area contributed by atoms with Gasteiger partial charge in [-0.2, -0.15) is 0 Å². The third-order valence-electron chi connectivity index (χ3n) is 3.88. The van der Waals surface area contributed by atoms with Crippen molar-refractivity contribution in [1.29, 1.82) is 0 Å². The largest absolute Gasteiger partial charge is 0.446 e. The van der Waals surface area contributed by atoms with Crippen LogP contribution in [0.25, 0.3) is 0 Å². The molecule has 0 spiro atoms. The maximum absolute atomic E-state index is 5.84. The molecule has 1 fully saturated rings. The van der Waals surface area contributed by atoms with Gasteiger partial charge in [0.05, 0.1) is 6.20 Å². The average Bonchev–Trinajstić information content (AvgIpc) is 2.83. The van der Waals surface area contributed by atoms with Gasteiger partial charge in [0.25, 0.3) is 0 Å². The Labute approximate surface area is 117 Å². The van der Waals surface area contributed by atoms with Crippen molar-refractivity contribution in [3.05, 3.63) is 17.8 Å². The first-order valence-corrected chi connectivity index (χ1v) is 7.88. The second-order valence-corrected chi connectivity index (χ2v) is 6.28. The SMILES string of the molecule is CC(C)CNCCc1ncc(CC2CCCCC2)o1. The molecule has 0 amide bonds. The van der Waals surface area contributed by atoms with Crippen molar-refractivity contribution in [3.63, 3.8) is 0 Å². The first-order chi connectivity index (χ1) is 9.24. The molecule has 108 valence electrons. The molecule has 0 aliphatic heterocycles. The van der Waals surface area contributed by atoms with E-state index in [1.54, 1.807) is 0 Å². The van der Waals surface area contributed by atoms with Crippen LogP contribution in [0.2, 0.25) is 0 Å². The lowest BCUT2D eigenvalue weighted by Crippen LogP contribution is -2.22. The average molecular weight is 264 g/mol. The first-order valence-electron chi connectivity index (χ1n) is 7.88. The van der Waals surface area contributed by atoms with Crippen LogP contribution in [0.5, 0.6) is 0 Å². The van der Waals surface area contributed by atoms with E-state index in [9.17, 15) is 0 Å². The van der Waals surface area contributed by atoms with Crippen molar-refractivity contribution in [2.45, 2.75) is 58.8 Å². The third-order valence-corrected chi connectivity index (χ3v) is 3.88. The number of aromatic nitrogens is 1. The van der Waals surface area contributed by atoms with E-state index in [-0.39, 0.29) is 0 Å². The number of rotatable bonds is 7. The summed E-state index contributed by atoms with van der Waals surface area (Å²) in [6.07, 6.45) is 10.9. The highest BCUT2D eigenvalue weighted by atomic mass is 16.4. The highest BCUT2D eigenvalue weighted by Crippen LogP contribution is 2.26. The van der Waals surface area contributed by atoms with Crippen molar-refractivity contribution in [2.75, 3.05) is 13.1 Å². The Morgan fingerprint density at radius 3 is 2.84 bits per heavy atom. The van der Waals surface area contributed by atoms with Crippen LogP contribution in [0, 0.1) is 11.8 Å². The normalized spacial score (nSPS) is 17.2. The summed E-state index contributed by atoms with van der Waals surface area (Å²) in [6.45, 7) is 6.47. The van der Waals surface area contributed by atoms with E-state index in [4.69, 9.17) is 4.42 Å². The standard InChI is InChI=1S/C16H28N2O/c1-13(2)11-17-9-8-16-18-12-15(19-16)10-14-6-4-3-5-7-14/h12-14,17H,3-11H2,1-2H3. The second-order valence-electron chi connectivity index (χ2n) is 6.28. The van der Waals surface area contributed by atoms with Gasteiger partial charge < -0.3 is 9.73 Å². The fraction of sp³-hybridized carbons (Fsp3) is 0.812. The number of hydrogen-bond donors (Lipinski definition) is 1. The lowest BCUT2D eigenvalue weighted by Gasteiger charge is -2.19. The van der Waals surface area contributed by atoms with E-state index in [1.807, 2.05) is 6.20 Å². The molecular formula is C16H28N2O. The Bertz CT molecular complexity index is 353.